The van der Waals surface area contributed by atoms with E-state index in [0.717, 1.165) is 0 Å². The normalized spacial score (nSPS) is 30.8. The Morgan fingerprint density at radius 1 is 1.43 bits per heavy atom. The van der Waals surface area contributed by atoms with E-state index in [0.29, 0.717) is 0 Å². The van der Waals surface area contributed by atoms with Crippen LogP contribution in [0, 0.1) is 0 Å². The van der Waals surface area contributed by atoms with E-state index in [1.165, 1.54) is 36.2 Å². The summed E-state index contributed by atoms with van der Waals surface area (Å²) in [6, 6.07) is 0. The van der Waals surface area contributed by atoms with Crippen molar-refractivity contribution in [2.75, 3.05) is 20.7 Å². The molecule has 5 atom stereocenters. The zero-order valence-corrected chi connectivity index (χ0v) is 16.8. The number of aromatic amines is 1. The molecule has 0 radical (unpaired) electrons. The Morgan fingerprint density at radius 2 is 2.17 bits per heavy atom. The van der Waals surface area contributed by atoms with Gasteiger partial charge in [0.2, 0.25) is 5.91 Å². The topological polar surface area (TPSA) is 189 Å². The van der Waals surface area contributed by atoms with Crippen molar-refractivity contribution in [2.45, 2.75) is 36.6 Å². The van der Waals surface area contributed by atoms with Gasteiger partial charge in [0.05, 0.1) is 25.7 Å². The monoisotopic (exact) mass is 445 g/mol. The van der Waals surface area contributed by atoms with Crippen molar-refractivity contribution in [3.63, 3.8) is 0 Å². The van der Waals surface area contributed by atoms with Crippen LogP contribution in [0.4, 0.5) is 0 Å². The van der Waals surface area contributed by atoms with Gasteiger partial charge in [-0.2, -0.15) is 0 Å². The van der Waals surface area contributed by atoms with Gasteiger partial charge < -0.3 is 34.3 Å². The van der Waals surface area contributed by atoms with Crippen molar-refractivity contribution in [1.82, 2.24) is 24.4 Å². The van der Waals surface area contributed by atoms with Crippen LogP contribution in [-0.2, 0) is 23.4 Å². The fourth-order valence-corrected chi connectivity index (χ4v) is 4.10. The SMILES string of the molecule is CN(C)C(=O)C[C@@H]1OC2[C@H](n3cnc4c(=O)[nH]cnc43)O[C@]1(COP(=O)(O)O)[C@@H]2O. The zero-order valence-electron chi connectivity index (χ0n) is 15.9. The number of amides is 1. The van der Waals surface area contributed by atoms with Gasteiger partial charge in [0.1, 0.15) is 23.9 Å². The first-order valence-electron chi connectivity index (χ1n) is 8.85. The Hall–Kier alpha value is -2.19. The molecule has 0 aromatic carbocycles. The van der Waals surface area contributed by atoms with Crippen molar-refractivity contribution in [3.05, 3.63) is 23.0 Å². The molecule has 2 aromatic rings. The van der Waals surface area contributed by atoms with E-state index < -0.39 is 50.1 Å². The first-order chi connectivity index (χ1) is 14.0. The number of carbonyl (C=O) groups is 1. The van der Waals surface area contributed by atoms with Gasteiger partial charge in [-0.25, -0.2) is 14.5 Å². The summed E-state index contributed by atoms with van der Waals surface area (Å²) in [6.07, 6.45) is -2.20. The summed E-state index contributed by atoms with van der Waals surface area (Å²) < 4.78 is 29.1. The van der Waals surface area contributed by atoms with E-state index in [9.17, 15) is 19.3 Å². The molecule has 4 N–H and O–H groups in total. The second-order valence-corrected chi connectivity index (χ2v) is 8.55. The highest BCUT2D eigenvalue weighted by atomic mass is 31.2. The Morgan fingerprint density at radius 3 is 2.83 bits per heavy atom. The minimum atomic E-state index is -4.91. The number of rotatable bonds is 6. The Labute approximate surface area is 168 Å². The lowest BCUT2D eigenvalue weighted by Gasteiger charge is -2.37. The number of phosphoric acid groups is 1. The average Bonchev–Trinajstić information content (AvgIpc) is 3.28. The zero-order chi connectivity index (χ0) is 21.8. The van der Waals surface area contributed by atoms with E-state index >= 15 is 0 Å². The molecule has 0 saturated carbocycles. The first kappa shape index (κ1) is 21.1. The number of nitrogens with zero attached hydrogens (tertiary/aromatic N) is 4. The molecule has 4 heterocycles. The van der Waals surface area contributed by atoms with Crippen molar-refractivity contribution >= 4 is 24.9 Å². The molecule has 2 bridgehead atoms. The number of fused-ring (bicyclic) bond motifs is 3. The van der Waals surface area contributed by atoms with Crippen LogP contribution < -0.4 is 5.56 Å². The molecule has 30 heavy (non-hydrogen) atoms. The molecule has 2 aliphatic rings. The minimum Gasteiger partial charge on any atom is -0.387 e. The third kappa shape index (κ3) is 3.36. The van der Waals surface area contributed by atoms with Crippen molar-refractivity contribution < 1.29 is 38.3 Å². The molecule has 2 fully saturated rings. The van der Waals surface area contributed by atoms with Crippen LogP contribution in [0.1, 0.15) is 12.6 Å². The predicted molar refractivity (Wildman–Crippen MR) is 97.0 cm³/mol. The fourth-order valence-electron chi connectivity index (χ4n) is 3.73. The number of imidazole rings is 1. The number of phosphoric ester groups is 1. The molecule has 14 nitrogen and oxygen atoms in total. The first-order valence-corrected chi connectivity index (χ1v) is 10.4. The molecular formula is C15H20N5O9P. The Kier molecular flexibility index (Phi) is 5.05. The molecule has 164 valence electrons. The van der Waals surface area contributed by atoms with Crippen LogP contribution in [0.15, 0.2) is 17.4 Å². The second kappa shape index (κ2) is 7.20. The number of carbonyl (C=O) groups excluding carboxylic acids is 1. The second-order valence-electron chi connectivity index (χ2n) is 7.31. The van der Waals surface area contributed by atoms with Gasteiger partial charge >= 0.3 is 7.82 Å². The smallest absolute Gasteiger partial charge is 0.387 e. The van der Waals surface area contributed by atoms with E-state index in [-0.39, 0.29) is 23.5 Å². The van der Waals surface area contributed by atoms with Crippen LogP contribution in [-0.4, -0.2) is 89.8 Å². The molecule has 0 aliphatic carbocycles. The number of aromatic nitrogens is 4. The van der Waals surface area contributed by atoms with Crippen LogP contribution in [0.5, 0.6) is 0 Å². The van der Waals surface area contributed by atoms with Gasteiger partial charge in [-0.15, -0.1) is 0 Å². The van der Waals surface area contributed by atoms with E-state index in [1.54, 1.807) is 0 Å². The minimum absolute atomic E-state index is 0.0400. The molecule has 2 aromatic heterocycles. The summed E-state index contributed by atoms with van der Waals surface area (Å²) in [7, 11) is -1.83. The predicted octanol–water partition coefficient (Wildman–Crippen LogP) is -1.90. The van der Waals surface area contributed by atoms with Gasteiger partial charge in [-0.05, 0) is 0 Å². The summed E-state index contributed by atoms with van der Waals surface area (Å²) in [6.45, 7) is -0.725. The summed E-state index contributed by atoms with van der Waals surface area (Å²) in [4.78, 5) is 54.1. The molecule has 0 spiro atoms. The molecular weight excluding hydrogens is 425 g/mol. The van der Waals surface area contributed by atoms with Gasteiger partial charge in [-0.3, -0.25) is 18.7 Å². The van der Waals surface area contributed by atoms with Gasteiger partial charge in [0, 0.05) is 14.1 Å². The summed E-state index contributed by atoms with van der Waals surface area (Å²) in [5.41, 5.74) is -2.01. The fraction of sp³-hybridized carbons (Fsp3) is 0.600. The molecule has 1 unspecified atom stereocenters. The van der Waals surface area contributed by atoms with Crippen LogP contribution in [0.3, 0.4) is 0 Å². The average molecular weight is 445 g/mol. The number of H-pyrrole nitrogens is 1. The number of aliphatic hydroxyl groups excluding tert-OH is 1. The standard InChI is InChI=1S/C15H20N5O9P/c1-19(2)8(21)3-7-15(4-27-30(24,25)26)11(22)10(28-7)14(29-15)20-6-18-9-12(20)16-5-17-13(9)23/h5-7,10-11,14,22H,3-4H2,1-2H3,(H,16,17,23)(H2,24,25,26)/t7-,10?,11+,14+,15-/m0/s1. The quantitative estimate of drug-likeness (QED) is 0.364. The lowest BCUT2D eigenvalue weighted by atomic mass is 9.91. The maximum atomic E-state index is 12.2. The van der Waals surface area contributed by atoms with E-state index in [4.69, 9.17) is 19.3 Å². The third-order valence-electron chi connectivity index (χ3n) is 5.26. The highest BCUT2D eigenvalue weighted by molar-refractivity contribution is 7.46. The van der Waals surface area contributed by atoms with Crippen LogP contribution in [0.2, 0.25) is 0 Å². The highest BCUT2D eigenvalue weighted by Crippen LogP contribution is 2.52. The molecule has 15 heteroatoms. The molecule has 1 amide bonds. The van der Waals surface area contributed by atoms with Gasteiger partial charge in [0.15, 0.2) is 17.4 Å². The lowest BCUT2D eigenvalue weighted by Crippen LogP contribution is -2.52. The largest absolute Gasteiger partial charge is 0.469 e. The number of hydrogen-bond donors (Lipinski definition) is 4. The van der Waals surface area contributed by atoms with E-state index in [2.05, 4.69) is 19.5 Å². The van der Waals surface area contributed by atoms with Crippen molar-refractivity contribution in [1.29, 1.82) is 0 Å². The number of hydrogen-bond acceptors (Lipinski definition) is 9. The highest BCUT2D eigenvalue weighted by Gasteiger charge is 2.68. The maximum Gasteiger partial charge on any atom is 0.469 e. The molecule has 2 saturated heterocycles. The third-order valence-corrected chi connectivity index (χ3v) is 5.72. The maximum absolute atomic E-state index is 12.2. The summed E-state index contributed by atoms with van der Waals surface area (Å²) in [5, 5.41) is 10.9. The van der Waals surface area contributed by atoms with Gasteiger partial charge in [-0.1, -0.05) is 0 Å². The molecule has 4 rings (SSSR count). The lowest BCUT2D eigenvalue weighted by molar-refractivity contribution is -0.222. The summed E-state index contributed by atoms with van der Waals surface area (Å²) >= 11 is 0. The van der Waals surface area contributed by atoms with E-state index in [1.807, 2.05) is 0 Å². The Balaban J connectivity index is 1.70. The number of aliphatic hydroxyl groups is 1. The summed E-state index contributed by atoms with van der Waals surface area (Å²) in [5.74, 6) is -0.336. The van der Waals surface area contributed by atoms with Crippen LogP contribution in [0.25, 0.3) is 11.2 Å². The number of ether oxygens (including phenoxy) is 2. The Bertz CT molecular complexity index is 1080. The number of nitrogens with one attached hydrogen (secondary N) is 1. The molecule has 2 aliphatic heterocycles. The van der Waals surface area contributed by atoms with Gasteiger partial charge in [0.25, 0.3) is 5.56 Å². The van der Waals surface area contributed by atoms with Crippen LogP contribution >= 0.6 is 7.82 Å². The van der Waals surface area contributed by atoms with Crippen molar-refractivity contribution in [3.8, 4) is 0 Å². The van der Waals surface area contributed by atoms with Crippen molar-refractivity contribution in [2.24, 2.45) is 0 Å².